The lowest BCUT2D eigenvalue weighted by atomic mass is 9.92. The highest BCUT2D eigenvalue weighted by Crippen LogP contribution is 2.23. The third kappa shape index (κ3) is 5.94. The molecule has 5 nitrogen and oxygen atoms in total. The number of carbonyl (C=O) groups excluding carboxylic acids is 1. The van der Waals surface area contributed by atoms with Crippen LogP contribution in [-0.4, -0.2) is 61.8 Å². The summed E-state index contributed by atoms with van der Waals surface area (Å²) in [5.41, 5.74) is 4.52. The molecular formula is C26H34N2O3. The summed E-state index contributed by atoms with van der Waals surface area (Å²) in [5.74, 6) is 0.633. The van der Waals surface area contributed by atoms with Crippen molar-refractivity contribution < 1.29 is 14.6 Å². The van der Waals surface area contributed by atoms with Crippen molar-refractivity contribution in [2.75, 3.05) is 44.8 Å². The number of aliphatic hydroxyl groups excluding tert-OH is 1. The van der Waals surface area contributed by atoms with Gasteiger partial charge in [0.25, 0.3) is 0 Å². The van der Waals surface area contributed by atoms with Gasteiger partial charge in [-0.1, -0.05) is 36.4 Å². The Labute approximate surface area is 185 Å². The van der Waals surface area contributed by atoms with Crippen molar-refractivity contribution >= 4 is 11.5 Å². The quantitative estimate of drug-likeness (QED) is 0.660. The van der Waals surface area contributed by atoms with Gasteiger partial charge in [0.15, 0.2) is 5.78 Å². The van der Waals surface area contributed by atoms with Crippen molar-refractivity contribution in [1.29, 1.82) is 0 Å². The molecule has 4 rings (SSSR count). The number of ketones is 1. The molecule has 1 N–H and O–H groups in total. The summed E-state index contributed by atoms with van der Waals surface area (Å²) in [4.78, 5) is 17.1. The molecule has 1 fully saturated rings. The molecule has 2 heterocycles. The predicted octanol–water partition coefficient (Wildman–Crippen LogP) is 3.54. The van der Waals surface area contributed by atoms with Crippen LogP contribution in [0.15, 0.2) is 48.5 Å². The highest BCUT2D eigenvalue weighted by molar-refractivity contribution is 5.97. The summed E-state index contributed by atoms with van der Waals surface area (Å²) in [7, 11) is 1.98. The molecule has 0 aliphatic carbocycles. The van der Waals surface area contributed by atoms with E-state index in [1.165, 1.54) is 11.1 Å². The lowest BCUT2D eigenvalue weighted by Gasteiger charge is -2.32. The minimum atomic E-state index is -0.447. The number of carbonyl (C=O) groups is 1. The van der Waals surface area contributed by atoms with Crippen LogP contribution in [-0.2, 0) is 17.7 Å². The summed E-state index contributed by atoms with van der Waals surface area (Å²) in [6.07, 6.45) is 3.12. The Balaban J connectivity index is 1.30. The van der Waals surface area contributed by atoms with Gasteiger partial charge in [0.2, 0.25) is 0 Å². The molecule has 2 aromatic rings. The van der Waals surface area contributed by atoms with Crippen LogP contribution < -0.4 is 4.90 Å². The second-order valence-corrected chi connectivity index (χ2v) is 9.02. The first-order chi connectivity index (χ1) is 15.1. The van der Waals surface area contributed by atoms with Crippen molar-refractivity contribution in [2.45, 2.75) is 38.3 Å². The number of ether oxygens (including phenoxy) is 1. The maximum atomic E-state index is 12.8. The van der Waals surface area contributed by atoms with Gasteiger partial charge < -0.3 is 14.7 Å². The SMILES string of the molecule is CN(CC(O)CN1CCc2ccccc2C1)c1cccc(C(=O)CC2CCOCC2)c1. The standard InChI is InChI=1S/C26H34N2O3/c1-27(18-25(29)19-28-12-9-21-5-2-3-6-23(21)17-28)24-8-4-7-22(16-24)26(30)15-20-10-13-31-14-11-20/h2-8,16,20,25,29H,9-15,17-19H2,1H3. The molecule has 31 heavy (non-hydrogen) atoms. The van der Waals surface area contributed by atoms with E-state index in [4.69, 9.17) is 4.74 Å². The number of fused-ring (bicyclic) bond motifs is 1. The highest BCUT2D eigenvalue weighted by atomic mass is 16.5. The van der Waals surface area contributed by atoms with Crippen molar-refractivity contribution in [3.8, 4) is 0 Å². The van der Waals surface area contributed by atoms with Gasteiger partial charge in [-0.3, -0.25) is 9.69 Å². The monoisotopic (exact) mass is 422 g/mol. The molecule has 1 atom stereocenters. The second kappa shape index (κ2) is 10.4. The number of hydrogen-bond acceptors (Lipinski definition) is 5. The van der Waals surface area contributed by atoms with E-state index in [1.54, 1.807) is 0 Å². The maximum Gasteiger partial charge on any atom is 0.163 e. The highest BCUT2D eigenvalue weighted by Gasteiger charge is 2.21. The number of rotatable bonds is 8. The first kappa shape index (κ1) is 22.0. The average Bonchev–Trinajstić information content (AvgIpc) is 2.79. The lowest BCUT2D eigenvalue weighted by molar-refractivity contribution is 0.0601. The Morgan fingerprint density at radius 3 is 2.74 bits per heavy atom. The fraction of sp³-hybridized carbons (Fsp3) is 0.500. The van der Waals surface area contributed by atoms with E-state index in [0.29, 0.717) is 25.4 Å². The van der Waals surface area contributed by atoms with E-state index >= 15 is 0 Å². The van der Waals surface area contributed by atoms with Crippen LogP contribution in [0.3, 0.4) is 0 Å². The minimum absolute atomic E-state index is 0.203. The Morgan fingerprint density at radius 1 is 1.16 bits per heavy atom. The number of Topliss-reactive ketones (excluding diaryl/α,β-unsaturated/α-hetero) is 1. The van der Waals surface area contributed by atoms with Crippen LogP contribution in [0.5, 0.6) is 0 Å². The molecule has 166 valence electrons. The van der Waals surface area contributed by atoms with Gasteiger partial charge in [-0.25, -0.2) is 0 Å². The number of aliphatic hydroxyl groups is 1. The van der Waals surface area contributed by atoms with Gasteiger partial charge in [0.1, 0.15) is 0 Å². The van der Waals surface area contributed by atoms with Gasteiger partial charge in [0, 0.05) is 64.1 Å². The molecule has 0 aromatic heterocycles. The van der Waals surface area contributed by atoms with Gasteiger partial charge in [-0.2, -0.15) is 0 Å². The number of benzene rings is 2. The van der Waals surface area contributed by atoms with Crippen LogP contribution in [0, 0.1) is 5.92 Å². The zero-order chi connectivity index (χ0) is 21.6. The second-order valence-electron chi connectivity index (χ2n) is 9.02. The topological polar surface area (TPSA) is 53.0 Å². The molecule has 0 radical (unpaired) electrons. The molecule has 5 heteroatoms. The van der Waals surface area contributed by atoms with Crippen LogP contribution in [0.4, 0.5) is 5.69 Å². The Kier molecular flexibility index (Phi) is 7.38. The first-order valence-electron chi connectivity index (χ1n) is 11.5. The summed E-state index contributed by atoms with van der Waals surface area (Å²) < 4.78 is 5.40. The van der Waals surface area contributed by atoms with Gasteiger partial charge >= 0.3 is 0 Å². The first-order valence-corrected chi connectivity index (χ1v) is 11.5. The molecule has 0 saturated carbocycles. The predicted molar refractivity (Wildman–Crippen MR) is 124 cm³/mol. The van der Waals surface area contributed by atoms with Crippen molar-refractivity contribution in [2.24, 2.45) is 5.92 Å². The Bertz CT molecular complexity index is 878. The van der Waals surface area contributed by atoms with Crippen LogP contribution >= 0.6 is 0 Å². The van der Waals surface area contributed by atoms with E-state index in [9.17, 15) is 9.90 Å². The number of nitrogens with zero attached hydrogens (tertiary/aromatic N) is 2. The van der Waals surface area contributed by atoms with E-state index < -0.39 is 6.10 Å². The van der Waals surface area contributed by atoms with Gasteiger partial charge in [-0.05, 0) is 48.4 Å². The van der Waals surface area contributed by atoms with Crippen LogP contribution in [0.25, 0.3) is 0 Å². The van der Waals surface area contributed by atoms with E-state index in [2.05, 4.69) is 29.2 Å². The molecule has 0 spiro atoms. The smallest absolute Gasteiger partial charge is 0.163 e. The third-order valence-electron chi connectivity index (χ3n) is 6.59. The number of anilines is 1. The van der Waals surface area contributed by atoms with E-state index in [-0.39, 0.29) is 5.78 Å². The number of β-amino-alcohol motifs (C(OH)–C–C–N with tert-alkyl or cyclic N) is 1. The summed E-state index contributed by atoms with van der Waals surface area (Å²) >= 11 is 0. The van der Waals surface area contributed by atoms with Gasteiger partial charge in [0.05, 0.1) is 6.10 Å². The van der Waals surface area contributed by atoms with Crippen molar-refractivity contribution in [1.82, 2.24) is 4.90 Å². The minimum Gasteiger partial charge on any atom is -0.390 e. The molecule has 1 unspecified atom stereocenters. The number of hydrogen-bond donors (Lipinski definition) is 1. The van der Waals surface area contributed by atoms with E-state index in [0.717, 1.165) is 56.8 Å². The molecular weight excluding hydrogens is 388 g/mol. The molecule has 2 aliphatic rings. The summed E-state index contributed by atoms with van der Waals surface area (Å²) in [5, 5.41) is 10.7. The van der Waals surface area contributed by atoms with Gasteiger partial charge in [-0.15, -0.1) is 0 Å². The molecule has 1 saturated heterocycles. The van der Waals surface area contributed by atoms with E-state index in [1.807, 2.05) is 36.2 Å². The Morgan fingerprint density at radius 2 is 1.94 bits per heavy atom. The third-order valence-corrected chi connectivity index (χ3v) is 6.59. The van der Waals surface area contributed by atoms with Crippen LogP contribution in [0.1, 0.15) is 40.7 Å². The molecule has 2 aliphatic heterocycles. The summed E-state index contributed by atoms with van der Waals surface area (Å²) in [6.45, 7) is 4.60. The van der Waals surface area contributed by atoms with Crippen molar-refractivity contribution in [3.63, 3.8) is 0 Å². The van der Waals surface area contributed by atoms with Crippen LogP contribution in [0.2, 0.25) is 0 Å². The lowest BCUT2D eigenvalue weighted by Crippen LogP contribution is -2.41. The Hall–Kier alpha value is -2.21. The van der Waals surface area contributed by atoms with Crippen molar-refractivity contribution in [3.05, 3.63) is 65.2 Å². The fourth-order valence-corrected chi connectivity index (χ4v) is 4.73. The molecule has 0 bridgehead atoms. The molecule has 0 amide bonds. The number of likely N-dealkylation sites (N-methyl/N-ethyl adjacent to an activating group) is 1. The average molecular weight is 423 g/mol. The zero-order valence-corrected chi connectivity index (χ0v) is 18.5. The molecule has 2 aromatic carbocycles. The normalized spacial score (nSPS) is 18.4. The largest absolute Gasteiger partial charge is 0.390 e. The maximum absolute atomic E-state index is 12.8. The summed E-state index contributed by atoms with van der Waals surface area (Å²) in [6, 6.07) is 16.4. The fourth-order valence-electron chi connectivity index (χ4n) is 4.73. The zero-order valence-electron chi connectivity index (χ0n) is 18.5.